The first-order valence-corrected chi connectivity index (χ1v) is 6.26. The maximum absolute atomic E-state index is 5.66. The highest BCUT2D eigenvalue weighted by molar-refractivity contribution is 4.88. The van der Waals surface area contributed by atoms with Crippen molar-refractivity contribution in [3.63, 3.8) is 0 Å². The van der Waals surface area contributed by atoms with Crippen molar-refractivity contribution >= 4 is 0 Å². The summed E-state index contributed by atoms with van der Waals surface area (Å²) in [5.74, 6) is 0.772. The van der Waals surface area contributed by atoms with Crippen molar-refractivity contribution in [1.29, 1.82) is 0 Å². The SMILES string of the molecule is CCCC(C)CC(NC)C(C)(CC)OC. The summed E-state index contributed by atoms with van der Waals surface area (Å²) in [6.07, 6.45) is 4.82. The Hall–Kier alpha value is -0.0800. The summed E-state index contributed by atoms with van der Waals surface area (Å²) in [6, 6.07) is 0.453. The number of rotatable bonds is 8. The van der Waals surface area contributed by atoms with Crippen molar-refractivity contribution in [2.75, 3.05) is 14.2 Å². The van der Waals surface area contributed by atoms with Gasteiger partial charge in [0.2, 0.25) is 0 Å². The van der Waals surface area contributed by atoms with Crippen LogP contribution in [0.3, 0.4) is 0 Å². The molecule has 0 amide bonds. The van der Waals surface area contributed by atoms with E-state index in [-0.39, 0.29) is 5.60 Å². The van der Waals surface area contributed by atoms with Crippen LogP contribution in [0, 0.1) is 5.92 Å². The van der Waals surface area contributed by atoms with Crippen molar-refractivity contribution < 1.29 is 4.74 Å². The van der Waals surface area contributed by atoms with Gasteiger partial charge in [-0.05, 0) is 32.7 Å². The molecule has 3 atom stereocenters. The highest BCUT2D eigenvalue weighted by atomic mass is 16.5. The fourth-order valence-corrected chi connectivity index (χ4v) is 2.22. The minimum Gasteiger partial charge on any atom is -0.377 e. The van der Waals surface area contributed by atoms with Gasteiger partial charge < -0.3 is 10.1 Å². The van der Waals surface area contributed by atoms with Crippen LogP contribution in [0.2, 0.25) is 0 Å². The molecule has 3 unspecified atom stereocenters. The van der Waals surface area contributed by atoms with E-state index in [1.807, 2.05) is 14.2 Å². The van der Waals surface area contributed by atoms with Crippen LogP contribution in [0.5, 0.6) is 0 Å². The molecule has 0 rings (SSSR count). The quantitative estimate of drug-likeness (QED) is 0.671. The zero-order chi connectivity index (χ0) is 11.9. The second-order valence-electron chi connectivity index (χ2n) is 4.84. The molecule has 0 fully saturated rings. The van der Waals surface area contributed by atoms with E-state index in [0.717, 1.165) is 12.3 Å². The molecule has 0 radical (unpaired) electrons. The normalized spacial score (nSPS) is 19.6. The summed E-state index contributed by atoms with van der Waals surface area (Å²) < 4.78 is 5.66. The van der Waals surface area contributed by atoms with Gasteiger partial charge in [-0.3, -0.25) is 0 Å². The van der Waals surface area contributed by atoms with Gasteiger partial charge in [-0.15, -0.1) is 0 Å². The second-order valence-corrected chi connectivity index (χ2v) is 4.84. The van der Waals surface area contributed by atoms with E-state index in [1.54, 1.807) is 0 Å². The first-order chi connectivity index (χ1) is 7.03. The van der Waals surface area contributed by atoms with E-state index in [2.05, 4.69) is 33.0 Å². The third kappa shape index (κ3) is 4.52. The van der Waals surface area contributed by atoms with Crippen LogP contribution in [0.15, 0.2) is 0 Å². The summed E-state index contributed by atoms with van der Waals surface area (Å²) >= 11 is 0. The minimum atomic E-state index is -0.0310. The Balaban J connectivity index is 4.33. The molecule has 0 aliphatic rings. The summed E-state index contributed by atoms with van der Waals surface area (Å²) in [6.45, 7) is 8.98. The predicted octanol–water partition coefficient (Wildman–Crippen LogP) is 3.22. The molecule has 0 heterocycles. The molecule has 0 aliphatic carbocycles. The molecule has 0 aromatic carbocycles. The van der Waals surface area contributed by atoms with Gasteiger partial charge in [-0.25, -0.2) is 0 Å². The predicted molar refractivity (Wildman–Crippen MR) is 67.2 cm³/mol. The Labute approximate surface area is 95.8 Å². The fraction of sp³-hybridized carbons (Fsp3) is 1.00. The average Bonchev–Trinajstić information content (AvgIpc) is 2.25. The van der Waals surface area contributed by atoms with Crippen molar-refractivity contribution in [1.82, 2.24) is 5.32 Å². The van der Waals surface area contributed by atoms with Crippen LogP contribution >= 0.6 is 0 Å². The Morgan fingerprint density at radius 1 is 1.33 bits per heavy atom. The number of hydrogen-bond donors (Lipinski definition) is 1. The maximum Gasteiger partial charge on any atom is 0.0800 e. The molecule has 92 valence electrons. The molecule has 0 spiro atoms. The molecule has 0 saturated carbocycles. The highest BCUT2D eigenvalue weighted by Gasteiger charge is 2.32. The van der Waals surface area contributed by atoms with Crippen molar-refractivity contribution in [3.8, 4) is 0 Å². The molecule has 1 N–H and O–H groups in total. The molecular formula is C13H29NO. The Morgan fingerprint density at radius 2 is 1.93 bits per heavy atom. The van der Waals surface area contributed by atoms with Crippen LogP contribution in [0.25, 0.3) is 0 Å². The molecule has 2 heteroatoms. The van der Waals surface area contributed by atoms with Gasteiger partial charge >= 0.3 is 0 Å². The fourth-order valence-electron chi connectivity index (χ4n) is 2.22. The molecule has 15 heavy (non-hydrogen) atoms. The van der Waals surface area contributed by atoms with Gasteiger partial charge in [-0.2, -0.15) is 0 Å². The largest absolute Gasteiger partial charge is 0.377 e. The molecule has 0 aromatic heterocycles. The van der Waals surface area contributed by atoms with Gasteiger partial charge in [0.05, 0.1) is 5.60 Å². The summed E-state index contributed by atoms with van der Waals surface area (Å²) in [5, 5.41) is 3.41. The molecule has 0 saturated heterocycles. The Kier molecular flexibility index (Phi) is 7.20. The van der Waals surface area contributed by atoms with Crippen LogP contribution in [0.4, 0.5) is 0 Å². The van der Waals surface area contributed by atoms with Gasteiger partial charge in [0.25, 0.3) is 0 Å². The van der Waals surface area contributed by atoms with Gasteiger partial charge in [0, 0.05) is 13.2 Å². The lowest BCUT2D eigenvalue weighted by molar-refractivity contribution is -0.0328. The second kappa shape index (κ2) is 7.24. The lowest BCUT2D eigenvalue weighted by atomic mass is 9.85. The maximum atomic E-state index is 5.66. The van der Waals surface area contributed by atoms with E-state index >= 15 is 0 Å². The standard InChI is InChI=1S/C13H29NO/c1-7-9-11(3)10-12(14-5)13(4,8-2)15-6/h11-12,14H,7-10H2,1-6H3. The van der Waals surface area contributed by atoms with Gasteiger partial charge in [-0.1, -0.05) is 33.6 Å². The van der Waals surface area contributed by atoms with E-state index < -0.39 is 0 Å². The van der Waals surface area contributed by atoms with Crippen LogP contribution in [0.1, 0.15) is 53.4 Å². The average molecular weight is 215 g/mol. The summed E-state index contributed by atoms with van der Waals surface area (Å²) in [5.41, 5.74) is -0.0310. The van der Waals surface area contributed by atoms with Crippen molar-refractivity contribution in [2.24, 2.45) is 5.92 Å². The van der Waals surface area contributed by atoms with Crippen molar-refractivity contribution in [2.45, 2.75) is 65.0 Å². The van der Waals surface area contributed by atoms with Crippen LogP contribution in [-0.4, -0.2) is 25.8 Å². The lowest BCUT2D eigenvalue weighted by Gasteiger charge is -2.37. The summed E-state index contributed by atoms with van der Waals surface area (Å²) in [7, 11) is 3.86. The van der Waals surface area contributed by atoms with Crippen LogP contribution in [-0.2, 0) is 4.74 Å². The molecular weight excluding hydrogens is 186 g/mol. The third-order valence-corrected chi connectivity index (χ3v) is 3.67. The third-order valence-electron chi connectivity index (χ3n) is 3.67. The molecule has 0 aromatic rings. The zero-order valence-electron chi connectivity index (χ0n) is 11.4. The monoisotopic (exact) mass is 215 g/mol. The highest BCUT2D eigenvalue weighted by Crippen LogP contribution is 2.25. The number of nitrogens with one attached hydrogen (secondary N) is 1. The van der Waals surface area contributed by atoms with Gasteiger partial charge in [0.15, 0.2) is 0 Å². The first-order valence-electron chi connectivity index (χ1n) is 6.26. The van der Waals surface area contributed by atoms with E-state index in [1.165, 1.54) is 19.3 Å². The first kappa shape index (κ1) is 14.9. The van der Waals surface area contributed by atoms with Crippen LogP contribution < -0.4 is 5.32 Å². The Morgan fingerprint density at radius 3 is 2.27 bits per heavy atom. The van der Waals surface area contributed by atoms with E-state index in [0.29, 0.717) is 6.04 Å². The smallest absolute Gasteiger partial charge is 0.0800 e. The van der Waals surface area contributed by atoms with E-state index in [4.69, 9.17) is 4.74 Å². The number of likely N-dealkylation sites (N-methyl/N-ethyl adjacent to an activating group) is 1. The summed E-state index contributed by atoms with van der Waals surface area (Å²) in [4.78, 5) is 0. The molecule has 0 aliphatic heterocycles. The van der Waals surface area contributed by atoms with Gasteiger partial charge in [0.1, 0.15) is 0 Å². The zero-order valence-corrected chi connectivity index (χ0v) is 11.4. The van der Waals surface area contributed by atoms with E-state index in [9.17, 15) is 0 Å². The number of methoxy groups -OCH3 is 1. The topological polar surface area (TPSA) is 21.3 Å². The molecule has 2 nitrogen and oxygen atoms in total. The number of hydrogen-bond acceptors (Lipinski definition) is 2. The minimum absolute atomic E-state index is 0.0310. The molecule has 0 bridgehead atoms. The number of ether oxygens (including phenoxy) is 1. The Bertz CT molecular complexity index is 155. The lowest BCUT2D eigenvalue weighted by Crippen LogP contribution is -2.49. The van der Waals surface area contributed by atoms with Crippen molar-refractivity contribution in [3.05, 3.63) is 0 Å².